The minimum atomic E-state index is -0.791. The Balaban J connectivity index is 1.41. The maximum Gasteiger partial charge on any atom is 0.113 e. The lowest BCUT2D eigenvalue weighted by molar-refractivity contribution is -0.0260. The number of thiazole rings is 1. The summed E-state index contributed by atoms with van der Waals surface area (Å²) in [5, 5.41) is 18.1. The van der Waals surface area contributed by atoms with Crippen molar-refractivity contribution in [2.24, 2.45) is 0 Å². The monoisotopic (exact) mass is 297 g/mol. The number of aromatic nitrogens is 1. The van der Waals surface area contributed by atoms with E-state index in [1.807, 2.05) is 11.3 Å². The van der Waals surface area contributed by atoms with Crippen molar-refractivity contribution in [2.75, 3.05) is 39.4 Å². The quantitative estimate of drug-likeness (QED) is 0.674. The largest absolute Gasteiger partial charge is 0.385 e. The van der Waals surface area contributed by atoms with Gasteiger partial charge in [-0.1, -0.05) is 0 Å². The van der Waals surface area contributed by atoms with Gasteiger partial charge in [0.1, 0.15) is 5.60 Å². The Morgan fingerprint density at radius 2 is 2.40 bits per heavy atom. The number of hydrogen-bond donors (Lipinski definition) is 3. The Hall–Kier alpha value is -0.530. The minimum Gasteiger partial charge on any atom is -0.385 e. The highest BCUT2D eigenvalue weighted by atomic mass is 32.1. The second kappa shape index (κ2) is 6.49. The molecule has 1 aromatic heterocycles. The van der Waals surface area contributed by atoms with Crippen LogP contribution < -0.4 is 10.6 Å². The van der Waals surface area contributed by atoms with Crippen LogP contribution >= 0.6 is 11.3 Å². The molecule has 1 saturated heterocycles. The summed E-state index contributed by atoms with van der Waals surface area (Å²) < 4.78 is 5.40. The number of ether oxygens (including phenoxy) is 1. The Labute approximate surface area is 123 Å². The molecule has 1 aliphatic carbocycles. The molecule has 0 aromatic carbocycles. The van der Waals surface area contributed by atoms with Crippen LogP contribution in [0.15, 0.2) is 0 Å². The lowest BCUT2D eigenvalue weighted by Crippen LogP contribution is -2.50. The zero-order valence-electron chi connectivity index (χ0n) is 11.8. The molecule has 0 radical (unpaired) electrons. The summed E-state index contributed by atoms with van der Waals surface area (Å²) in [6.45, 7) is 3.89. The van der Waals surface area contributed by atoms with Crippen LogP contribution in [0.2, 0.25) is 0 Å². The molecule has 0 unspecified atom stereocenters. The van der Waals surface area contributed by atoms with Crippen LogP contribution in [0.25, 0.3) is 0 Å². The third kappa shape index (κ3) is 3.56. The molecular weight excluding hydrogens is 274 g/mol. The van der Waals surface area contributed by atoms with Crippen LogP contribution in [0.1, 0.15) is 22.0 Å². The minimum absolute atomic E-state index is 0.401. The molecule has 5 nitrogen and oxygen atoms in total. The zero-order chi connectivity index (χ0) is 13.8. The van der Waals surface area contributed by atoms with E-state index in [0.717, 1.165) is 25.9 Å². The zero-order valence-corrected chi connectivity index (χ0v) is 12.6. The third-order valence-corrected chi connectivity index (χ3v) is 5.07. The van der Waals surface area contributed by atoms with Crippen LogP contribution in [-0.4, -0.2) is 55.1 Å². The lowest BCUT2D eigenvalue weighted by atomic mass is 10.1. The van der Waals surface area contributed by atoms with E-state index < -0.39 is 5.60 Å². The molecule has 1 aliphatic heterocycles. The number of β-amino-alcohol motifs (C(OH)–C–C–N with tert-alkyl or cyclic N) is 1. The first kappa shape index (κ1) is 14.4. The van der Waals surface area contributed by atoms with Crippen molar-refractivity contribution < 1.29 is 9.84 Å². The van der Waals surface area contributed by atoms with Crippen molar-refractivity contribution in [3.8, 4) is 0 Å². The number of hydrogen-bond acceptors (Lipinski definition) is 6. The molecule has 2 heterocycles. The molecule has 1 aromatic rings. The second-order valence-electron chi connectivity index (χ2n) is 5.71. The normalized spacial score (nSPS) is 26.4. The van der Waals surface area contributed by atoms with Crippen molar-refractivity contribution in [3.05, 3.63) is 15.6 Å². The SMILES string of the molecule is O[C@]1(CNCCc2nc3c(s2)CCC3)CNCCOC1. The fourth-order valence-corrected chi connectivity index (χ4v) is 3.92. The van der Waals surface area contributed by atoms with Gasteiger partial charge in [-0.15, -0.1) is 11.3 Å². The fraction of sp³-hybridized carbons (Fsp3) is 0.786. The van der Waals surface area contributed by atoms with Crippen molar-refractivity contribution >= 4 is 11.3 Å². The van der Waals surface area contributed by atoms with E-state index in [-0.39, 0.29) is 0 Å². The summed E-state index contributed by atoms with van der Waals surface area (Å²) in [6, 6.07) is 0. The highest BCUT2D eigenvalue weighted by molar-refractivity contribution is 7.11. The van der Waals surface area contributed by atoms with Crippen LogP contribution in [-0.2, 0) is 24.0 Å². The summed E-state index contributed by atoms with van der Waals surface area (Å²) in [4.78, 5) is 6.17. The fourth-order valence-electron chi connectivity index (χ4n) is 2.76. The summed E-state index contributed by atoms with van der Waals surface area (Å²) in [6.07, 6.45) is 4.58. The molecule has 6 heteroatoms. The average Bonchev–Trinajstić information content (AvgIpc) is 2.93. The van der Waals surface area contributed by atoms with Gasteiger partial charge in [0.15, 0.2) is 0 Å². The molecule has 0 amide bonds. The van der Waals surface area contributed by atoms with E-state index in [1.165, 1.54) is 28.4 Å². The standard InChI is InChI=1S/C14H23N3O2S/c18-14(9-16-6-7-19-10-14)8-15-5-4-13-17-11-2-1-3-12(11)20-13/h15-16,18H,1-10H2/t14-/m1/s1. The third-order valence-electron chi connectivity index (χ3n) is 3.86. The van der Waals surface area contributed by atoms with Gasteiger partial charge in [-0.3, -0.25) is 0 Å². The topological polar surface area (TPSA) is 66.4 Å². The van der Waals surface area contributed by atoms with Gasteiger partial charge < -0.3 is 20.5 Å². The molecule has 1 fully saturated rings. The van der Waals surface area contributed by atoms with Gasteiger partial charge >= 0.3 is 0 Å². The Kier molecular flexibility index (Phi) is 4.68. The van der Waals surface area contributed by atoms with Gasteiger partial charge in [-0.05, 0) is 19.3 Å². The van der Waals surface area contributed by atoms with E-state index in [0.29, 0.717) is 26.3 Å². The molecule has 0 saturated carbocycles. The molecule has 3 rings (SSSR count). The maximum absolute atomic E-state index is 10.4. The van der Waals surface area contributed by atoms with Gasteiger partial charge in [0, 0.05) is 37.5 Å². The summed E-state index contributed by atoms with van der Waals surface area (Å²) >= 11 is 1.86. The maximum atomic E-state index is 10.4. The number of aryl methyl sites for hydroxylation is 2. The number of rotatable bonds is 5. The number of aliphatic hydroxyl groups is 1. The van der Waals surface area contributed by atoms with E-state index in [4.69, 9.17) is 4.74 Å². The predicted molar refractivity (Wildman–Crippen MR) is 79.4 cm³/mol. The van der Waals surface area contributed by atoms with Gasteiger partial charge in [0.25, 0.3) is 0 Å². The highest BCUT2D eigenvalue weighted by Crippen LogP contribution is 2.27. The van der Waals surface area contributed by atoms with Crippen LogP contribution in [0.4, 0.5) is 0 Å². The van der Waals surface area contributed by atoms with E-state index in [2.05, 4.69) is 15.6 Å². The van der Waals surface area contributed by atoms with Crippen molar-refractivity contribution in [1.29, 1.82) is 0 Å². The van der Waals surface area contributed by atoms with E-state index in [9.17, 15) is 5.11 Å². The first-order chi connectivity index (χ1) is 9.75. The summed E-state index contributed by atoms with van der Waals surface area (Å²) in [7, 11) is 0. The first-order valence-corrected chi connectivity index (χ1v) is 8.26. The van der Waals surface area contributed by atoms with Crippen LogP contribution in [0.5, 0.6) is 0 Å². The van der Waals surface area contributed by atoms with E-state index >= 15 is 0 Å². The van der Waals surface area contributed by atoms with Gasteiger partial charge in [-0.25, -0.2) is 4.98 Å². The Morgan fingerprint density at radius 3 is 3.30 bits per heavy atom. The highest BCUT2D eigenvalue weighted by Gasteiger charge is 2.28. The van der Waals surface area contributed by atoms with Gasteiger partial charge in [0.05, 0.1) is 23.9 Å². The van der Waals surface area contributed by atoms with Crippen molar-refractivity contribution in [2.45, 2.75) is 31.3 Å². The summed E-state index contributed by atoms with van der Waals surface area (Å²) in [5.74, 6) is 0. The molecular formula is C14H23N3O2S. The molecule has 3 N–H and O–H groups in total. The predicted octanol–water partition coefficient (Wildman–Crippen LogP) is 0.115. The Morgan fingerprint density at radius 1 is 1.45 bits per heavy atom. The molecule has 1 atom stereocenters. The smallest absolute Gasteiger partial charge is 0.113 e. The van der Waals surface area contributed by atoms with Crippen molar-refractivity contribution in [3.63, 3.8) is 0 Å². The molecule has 0 bridgehead atoms. The molecule has 20 heavy (non-hydrogen) atoms. The number of nitrogens with zero attached hydrogens (tertiary/aromatic N) is 1. The molecule has 112 valence electrons. The van der Waals surface area contributed by atoms with Crippen LogP contribution in [0, 0.1) is 0 Å². The molecule has 2 aliphatic rings. The van der Waals surface area contributed by atoms with E-state index in [1.54, 1.807) is 0 Å². The van der Waals surface area contributed by atoms with Crippen LogP contribution in [0.3, 0.4) is 0 Å². The van der Waals surface area contributed by atoms with Crippen molar-refractivity contribution in [1.82, 2.24) is 15.6 Å². The lowest BCUT2D eigenvalue weighted by Gasteiger charge is -2.26. The number of nitrogens with one attached hydrogen (secondary N) is 2. The number of fused-ring (bicyclic) bond motifs is 1. The average molecular weight is 297 g/mol. The van der Waals surface area contributed by atoms with Gasteiger partial charge in [0.2, 0.25) is 0 Å². The summed E-state index contributed by atoms with van der Waals surface area (Å²) in [5.41, 5.74) is 0.534. The Bertz CT molecular complexity index is 420. The molecule has 0 spiro atoms. The second-order valence-corrected chi connectivity index (χ2v) is 6.88. The van der Waals surface area contributed by atoms with Gasteiger partial charge in [-0.2, -0.15) is 0 Å². The first-order valence-electron chi connectivity index (χ1n) is 7.44.